The van der Waals surface area contributed by atoms with E-state index in [0.717, 1.165) is 32.5 Å². The molecule has 15 heavy (non-hydrogen) atoms. The standard InChI is InChI=1S/C11H23N3O/c1-3-4-10(12)11(15)13-7-9-5-6-14(2)8-9/h9-10H,3-8,12H2,1-2H3,(H,13,15)/t9?,10-/m1/s1. The molecule has 0 spiro atoms. The molecule has 0 aliphatic carbocycles. The van der Waals surface area contributed by atoms with Gasteiger partial charge in [0.25, 0.3) is 0 Å². The second-order valence-corrected chi connectivity index (χ2v) is 4.56. The molecule has 0 aromatic heterocycles. The molecule has 1 aliphatic rings. The van der Waals surface area contributed by atoms with Crippen molar-refractivity contribution < 1.29 is 4.79 Å². The first-order valence-corrected chi connectivity index (χ1v) is 5.85. The Hall–Kier alpha value is -0.610. The molecule has 4 nitrogen and oxygen atoms in total. The molecular weight excluding hydrogens is 190 g/mol. The molecule has 88 valence electrons. The average molecular weight is 213 g/mol. The summed E-state index contributed by atoms with van der Waals surface area (Å²) in [6.07, 6.45) is 2.91. The summed E-state index contributed by atoms with van der Waals surface area (Å²) < 4.78 is 0. The Kier molecular flexibility index (Phi) is 5.05. The molecule has 1 amide bonds. The van der Waals surface area contributed by atoms with Gasteiger partial charge in [0.2, 0.25) is 5.91 Å². The molecule has 1 aliphatic heterocycles. The van der Waals surface area contributed by atoms with Crippen molar-refractivity contribution in [2.75, 3.05) is 26.7 Å². The van der Waals surface area contributed by atoms with Gasteiger partial charge in [0.15, 0.2) is 0 Å². The summed E-state index contributed by atoms with van der Waals surface area (Å²) in [6, 6.07) is -0.325. The topological polar surface area (TPSA) is 58.4 Å². The fourth-order valence-corrected chi connectivity index (χ4v) is 2.01. The lowest BCUT2D eigenvalue weighted by molar-refractivity contribution is -0.122. The zero-order valence-electron chi connectivity index (χ0n) is 9.83. The Morgan fingerprint density at radius 2 is 2.40 bits per heavy atom. The Labute approximate surface area is 92.2 Å². The normalized spacial score (nSPS) is 24.1. The van der Waals surface area contributed by atoms with Crippen LogP contribution < -0.4 is 11.1 Å². The Morgan fingerprint density at radius 1 is 1.67 bits per heavy atom. The molecule has 1 unspecified atom stereocenters. The number of nitrogens with zero attached hydrogens (tertiary/aromatic N) is 1. The number of nitrogens with one attached hydrogen (secondary N) is 1. The number of nitrogens with two attached hydrogens (primary N) is 1. The van der Waals surface area contributed by atoms with E-state index in [-0.39, 0.29) is 11.9 Å². The molecule has 0 aromatic rings. The van der Waals surface area contributed by atoms with E-state index in [1.165, 1.54) is 6.42 Å². The summed E-state index contributed by atoms with van der Waals surface area (Å²) in [6.45, 7) is 5.05. The maximum atomic E-state index is 11.5. The third-order valence-corrected chi connectivity index (χ3v) is 2.99. The van der Waals surface area contributed by atoms with E-state index in [1.54, 1.807) is 0 Å². The van der Waals surface area contributed by atoms with Gasteiger partial charge in [-0.15, -0.1) is 0 Å². The first-order chi connectivity index (χ1) is 7.13. The molecule has 0 saturated carbocycles. The monoisotopic (exact) mass is 213 g/mol. The minimum absolute atomic E-state index is 0.00593. The lowest BCUT2D eigenvalue weighted by atomic mass is 10.1. The van der Waals surface area contributed by atoms with Crippen LogP contribution in [0.2, 0.25) is 0 Å². The van der Waals surface area contributed by atoms with Crippen LogP contribution in [0.1, 0.15) is 26.2 Å². The van der Waals surface area contributed by atoms with Crippen LogP contribution in [-0.2, 0) is 4.79 Å². The van der Waals surface area contributed by atoms with E-state index in [1.807, 2.05) is 6.92 Å². The van der Waals surface area contributed by atoms with Gasteiger partial charge in [0, 0.05) is 13.1 Å². The van der Waals surface area contributed by atoms with Crippen molar-refractivity contribution in [2.45, 2.75) is 32.2 Å². The molecule has 0 aromatic carbocycles. The van der Waals surface area contributed by atoms with Crippen molar-refractivity contribution in [2.24, 2.45) is 11.7 Å². The van der Waals surface area contributed by atoms with Crippen molar-refractivity contribution in [1.82, 2.24) is 10.2 Å². The molecule has 2 atom stereocenters. The number of rotatable bonds is 5. The number of carbonyl (C=O) groups is 1. The largest absolute Gasteiger partial charge is 0.354 e. The van der Waals surface area contributed by atoms with Crippen molar-refractivity contribution in [3.63, 3.8) is 0 Å². The molecule has 1 saturated heterocycles. The maximum Gasteiger partial charge on any atom is 0.236 e. The van der Waals surface area contributed by atoms with E-state index in [0.29, 0.717) is 5.92 Å². The number of hydrogen-bond acceptors (Lipinski definition) is 3. The van der Waals surface area contributed by atoms with Crippen LogP contribution in [-0.4, -0.2) is 43.5 Å². The molecule has 1 fully saturated rings. The second kappa shape index (κ2) is 6.08. The van der Waals surface area contributed by atoms with E-state index >= 15 is 0 Å². The summed E-state index contributed by atoms with van der Waals surface area (Å²) in [5.74, 6) is 0.610. The van der Waals surface area contributed by atoms with E-state index in [9.17, 15) is 4.79 Å². The average Bonchev–Trinajstić information content (AvgIpc) is 2.61. The predicted molar refractivity (Wildman–Crippen MR) is 61.5 cm³/mol. The van der Waals surface area contributed by atoms with Crippen molar-refractivity contribution >= 4 is 5.91 Å². The third-order valence-electron chi connectivity index (χ3n) is 2.99. The van der Waals surface area contributed by atoms with Crippen molar-refractivity contribution in [3.8, 4) is 0 Å². The highest BCUT2D eigenvalue weighted by molar-refractivity contribution is 5.81. The highest BCUT2D eigenvalue weighted by Crippen LogP contribution is 2.12. The minimum atomic E-state index is -0.325. The van der Waals surface area contributed by atoms with Crippen LogP contribution in [0.5, 0.6) is 0 Å². The van der Waals surface area contributed by atoms with Crippen LogP contribution in [0.15, 0.2) is 0 Å². The quantitative estimate of drug-likeness (QED) is 0.685. The first kappa shape index (κ1) is 12.5. The maximum absolute atomic E-state index is 11.5. The van der Waals surface area contributed by atoms with Gasteiger partial charge in [0.1, 0.15) is 0 Å². The highest BCUT2D eigenvalue weighted by Gasteiger charge is 2.20. The summed E-state index contributed by atoms with van der Waals surface area (Å²) in [5, 5.41) is 2.94. The zero-order valence-corrected chi connectivity index (χ0v) is 9.83. The van der Waals surface area contributed by atoms with Gasteiger partial charge in [-0.3, -0.25) is 4.79 Å². The van der Waals surface area contributed by atoms with Gasteiger partial charge in [0.05, 0.1) is 6.04 Å². The van der Waals surface area contributed by atoms with Crippen LogP contribution in [0.4, 0.5) is 0 Å². The number of carbonyl (C=O) groups excluding carboxylic acids is 1. The molecule has 0 radical (unpaired) electrons. The van der Waals surface area contributed by atoms with Gasteiger partial charge in [-0.25, -0.2) is 0 Å². The van der Waals surface area contributed by atoms with Crippen molar-refractivity contribution in [3.05, 3.63) is 0 Å². The lowest BCUT2D eigenvalue weighted by Gasteiger charge is -2.14. The van der Waals surface area contributed by atoms with Crippen LogP contribution >= 0.6 is 0 Å². The number of amides is 1. The lowest BCUT2D eigenvalue weighted by Crippen LogP contribution is -2.42. The first-order valence-electron chi connectivity index (χ1n) is 5.85. The van der Waals surface area contributed by atoms with E-state index < -0.39 is 0 Å². The Bertz CT molecular complexity index is 208. The zero-order chi connectivity index (χ0) is 11.3. The van der Waals surface area contributed by atoms with Crippen molar-refractivity contribution in [1.29, 1.82) is 0 Å². The summed E-state index contributed by atoms with van der Waals surface area (Å²) in [5.41, 5.74) is 5.72. The van der Waals surface area contributed by atoms with Crippen LogP contribution in [0.25, 0.3) is 0 Å². The van der Waals surface area contributed by atoms with Gasteiger partial charge >= 0.3 is 0 Å². The molecular formula is C11H23N3O. The van der Waals surface area contributed by atoms with E-state index in [4.69, 9.17) is 5.73 Å². The minimum Gasteiger partial charge on any atom is -0.354 e. The fraction of sp³-hybridized carbons (Fsp3) is 0.909. The second-order valence-electron chi connectivity index (χ2n) is 4.56. The van der Waals surface area contributed by atoms with E-state index in [2.05, 4.69) is 17.3 Å². The van der Waals surface area contributed by atoms with Gasteiger partial charge < -0.3 is 16.0 Å². The van der Waals surface area contributed by atoms with Gasteiger partial charge in [-0.1, -0.05) is 13.3 Å². The summed E-state index contributed by atoms with van der Waals surface area (Å²) in [7, 11) is 2.12. The molecule has 4 heteroatoms. The SMILES string of the molecule is CCC[C@@H](N)C(=O)NCC1CCN(C)C1. The summed E-state index contributed by atoms with van der Waals surface area (Å²) in [4.78, 5) is 13.8. The van der Waals surface area contributed by atoms with Gasteiger partial charge in [-0.05, 0) is 32.4 Å². The molecule has 3 N–H and O–H groups in total. The molecule has 0 bridgehead atoms. The number of likely N-dealkylation sites (tertiary alicyclic amines) is 1. The number of hydrogen-bond donors (Lipinski definition) is 2. The molecule has 1 heterocycles. The fourth-order valence-electron chi connectivity index (χ4n) is 2.01. The predicted octanol–water partition coefficient (Wildman–Crippen LogP) is 0.182. The van der Waals surface area contributed by atoms with Crippen LogP contribution in [0.3, 0.4) is 0 Å². The van der Waals surface area contributed by atoms with Crippen LogP contribution in [0, 0.1) is 5.92 Å². The van der Waals surface area contributed by atoms with Gasteiger partial charge in [-0.2, -0.15) is 0 Å². The Balaban J connectivity index is 2.16. The highest BCUT2D eigenvalue weighted by atomic mass is 16.2. The summed E-state index contributed by atoms with van der Waals surface area (Å²) >= 11 is 0. The smallest absolute Gasteiger partial charge is 0.236 e. The Morgan fingerprint density at radius 3 is 2.93 bits per heavy atom. The molecule has 1 rings (SSSR count). The third kappa shape index (κ3) is 4.18.